The maximum atomic E-state index is 9.42. The zero-order valence-corrected chi connectivity index (χ0v) is 10.6. The zero-order valence-electron chi connectivity index (χ0n) is 9.76. The zero-order chi connectivity index (χ0) is 11.5. The molecule has 88 valence electrons. The molecule has 1 aliphatic rings. The van der Waals surface area contributed by atoms with Crippen molar-refractivity contribution in [1.29, 1.82) is 0 Å². The van der Waals surface area contributed by atoms with Gasteiger partial charge in [0.15, 0.2) is 0 Å². The van der Waals surface area contributed by atoms with Gasteiger partial charge in [-0.05, 0) is 25.5 Å². The van der Waals surface area contributed by atoms with E-state index in [0.717, 1.165) is 17.9 Å². The summed E-state index contributed by atoms with van der Waals surface area (Å²) in [4.78, 5) is 6.77. The smallest absolute Gasteiger partial charge is 0.128 e. The van der Waals surface area contributed by atoms with Gasteiger partial charge in [-0.2, -0.15) is 11.8 Å². The van der Waals surface area contributed by atoms with Crippen molar-refractivity contribution in [1.82, 2.24) is 4.98 Å². The highest BCUT2D eigenvalue weighted by molar-refractivity contribution is 7.99. The quantitative estimate of drug-likeness (QED) is 0.856. The molecular formula is C12H18N2OS. The van der Waals surface area contributed by atoms with Gasteiger partial charge >= 0.3 is 0 Å². The number of aliphatic hydroxyl groups is 1. The highest BCUT2D eigenvalue weighted by Crippen LogP contribution is 2.23. The molecule has 1 aromatic heterocycles. The van der Waals surface area contributed by atoms with Crippen molar-refractivity contribution in [3.63, 3.8) is 0 Å². The van der Waals surface area contributed by atoms with Crippen molar-refractivity contribution in [3.8, 4) is 0 Å². The Morgan fingerprint density at radius 1 is 1.56 bits per heavy atom. The number of hydrogen-bond donors (Lipinski definition) is 1. The SMILES string of the molecule is CC1CSCCN1c1ccc([C@H](C)O)cn1. The summed E-state index contributed by atoms with van der Waals surface area (Å²) in [7, 11) is 0. The van der Waals surface area contributed by atoms with Crippen molar-refractivity contribution in [3.05, 3.63) is 23.9 Å². The van der Waals surface area contributed by atoms with Gasteiger partial charge in [-0.1, -0.05) is 6.07 Å². The van der Waals surface area contributed by atoms with E-state index in [0.29, 0.717) is 6.04 Å². The summed E-state index contributed by atoms with van der Waals surface area (Å²) in [6.07, 6.45) is 1.34. The maximum Gasteiger partial charge on any atom is 0.128 e. The van der Waals surface area contributed by atoms with Crippen molar-refractivity contribution >= 4 is 17.6 Å². The molecule has 0 saturated carbocycles. The Labute approximate surface area is 101 Å². The van der Waals surface area contributed by atoms with E-state index in [4.69, 9.17) is 0 Å². The second kappa shape index (κ2) is 5.06. The largest absolute Gasteiger partial charge is 0.389 e. The van der Waals surface area contributed by atoms with E-state index < -0.39 is 6.10 Å². The lowest BCUT2D eigenvalue weighted by Crippen LogP contribution is -2.40. The van der Waals surface area contributed by atoms with Crippen LogP contribution in [0.2, 0.25) is 0 Å². The highest BCUT2D eigenvalue weighted by Gasteiger charge is 2.19. The summed E-state index contributed by atoms with van der Waals surface area (Å²) in [5, 5.41) is 9.42. The third-order valence-corrected chi connectivity index (χ3v) is 4.10. The molecule has 4 heteroatoms. The summed E-state index contributed by atoms with van der Waals surface area (Å²) >= 11 is 2.00. The first kappa shape index (κ1) is 11.7. The lowest BCUT2D eigenvalue weighted by Gasteiger charge is -2.34. The molecule has 0 aromatic carbocycles. The van der Waals surface area contributed by atoms with Crippen LogP contribution < -0.4 is 4.90 Å². The van der Waals surface area contributed by atoms with Crippen LogP contribution in [0, 0.1) is 0 Å². The predicted octanol–water partition coefficient (Wildman–Crippen LogP) is 2.08. The van der Waals surface area contributed by atoms with E-state index in [2.05, 4.69) is 16.8 Å². The van der Waals surface area contributed by atoms with Gasteiger partial charge in [-0.3, -0.25) is 0 Å². The molecule has 2 atom stereocenters. The molecule has 16 heavy (non-hydrogen) atoms. The molecule has 1 aromatic rings. The Morgan fingerprint density at radius 3 is 2.94 bits per heavy atom. The molecule has 0 aliphatic carbocycles. The number of rotatable bonds is 2. The maximum absolute atomic E-state index is 9.42. The minimum atomic E-state index is -0.434. The molecule has 3 nitrogen and oxygen atoms in total. The van der Waals surface area contributed by atoms with Crippen molar-refractivity contribution < 1.29 is 5.11 Å². The van der Waals surface area contributed by atoms with Crippen LogP contribution in [0.3, 0.4) is 0 Å². The van der Waals surface area contributed by atoms with Crippen LogP contribution in [0.15, 0.2) is 18.3 Å². The molecule has 1 fully saturated rings. The van der Waals surface area contributed by atoms with Gasteiger partial charge in [0.1, 0.15) is 5.82 Å². The first-order valence-electron chi connectivity index (χ1n) is 5.67. The van der Waals surface area contributed by atoms with Crippen LogP contribution in [0.25, 0.3) is 0 Å². The van der Waals surface area contributed by atoms with Crippen molar-refractivity contribution in [2.75, 3.05) is 23.0 Å². The van der Waals surface area contributed by atoms with E-state index in [1.165, 1.54) is 11.5 Å². The van der Waals surface area contributed by atoms with Gasteiger partial charge in [0.2, 0.25) is 0 Å². The summed E-state index contributed by atoms with van der Waals surface area (Å²) < 4.78 is 0. The van der Waals surface area contributed by atoms with Crippen LogP contribution in [-0.2, 0) is 0 Å². The normalized spacial score (nSPS) is 23.2. The van der Waals surface area contributed by atoms with E-state index in [9.17, 15) is 5.11 Å². The fraction of sp³-hybridized carbons (Fsp3) is 0.583. The molecule has 0 amide bonds. The van der Waals surface area contributed by atoms with Crippen LogP contribution in [0.1, 0.15) is 25.5 Å². The molecule has 1 unspecified atom stereocenters. The minimum absolute atomic E-state index is 0.434. The van der Waals surface area contributed by atoms with Crippen LogP contribution >= 0.6 is 11.8 Å². The highest BCUT2D eigenvalue weighted by atomic mass is 32.2. The summed E-state index contributed by atoms with van der Waals surface area (Å²) in [5.74, 6) is 3.36. The molecule has 0 spiro atoms. The van der Waals surface area contributed by atoms with Crippen LogP contribution in [0.5, 0.6) is 0 Å². The first-order valence-corrected chi connectivity index (χ1v) is 6.82. The summed E-state index contributed by atoms with van der Waals surface area (Å²) in [6.45, 7) is 5.06. The Hall–Kier alpha value is -0.740. The van der Waals surface area contributed by atoms with E-state index in [-0.39, 0.29) is 0 Å². The molecule has 0 bridgehead atoms. The van der Waals surface area contributed by atoms with E-state index >= 15 is 0 Å². The number of aliphatic hydroxyl groups excluding tert-OH is 1. The van der Waals surface area contributed by atoms with Crippen LogP contribution in [-0.4, -0.2) is 34.2 Å². The van der Waals surface area contributed by atoms with Gasteiger partial charge in [0, 0.05) is 30.3 Å². The molecular weight excluding hydrogens is 220 g/mol. The number of nitrogens with zero attached hydrogens (tertiary/aromatic N) is 2. The molecule has 2 rings (SSSR count). The molecule has 2 heterocycles. The number of anilines is 1. The molecule has 1 N–H and O–H groups in total. The molecule has 1 saturated heterocycles. The Kier molecular flexibility index (Phi) is 3.71. The lowest BCUT2D eigenvalue weighted by molar-refractivity contribution is 0.199. The van der Waals surface area contributed by atoms with Crippen LogP contribution in [0.4, 0.5) is 5.82 Å². The van der Waals surface area contributed by atoms with Gasteiger partial charge in [-0.25, -0.2) is 4.98 Å². The van der Waals surface area contributed by atoms with Crippen molar-refractivity contribution in [2.24, 2.45) is 0 Å². The fourth-order valence-electron chi connectivity index (χ4n) is 1.88. The predicted molar refractivity (Wildman–Crippen MR) is 69.0 cm³/mol. The van der Waals surface area contributed by atoms with Crippen molar-refractivity contribution in [2.45, 2.75) is 26.0 Å². The lowest BCUT2D eigenvalue weighted by atomic mass is 10.2. The monoisotopic (exact) mass is 238 g/mol. The average molecular weight is 238 g/mol. The Balaban J connectivity index is 2.14. The Morgan fingerprint density at radius 2 is 2.38 bits per heavy atom. The molecule has 0 radical (unpaired) electrons. The van der Waals surface area contributed by atoms with Gasteiger partial charge in [-0.15, -0.1) is 0 Å². The standard InChI is InChI=1S/C12H18N2OS/c1-9-8-16-6-5-14(9)12-4-3-11(7-13-12)10(2)15/h3-4,7,9-10,15H,5-6,8H2,1-2H3/t9?,10-/m0/s1. The third kappa shape index (κ3) is 2.50. The second-order valence-electron chi connectivity index (χ2n) is 4.24. The minimum Gasteiger partial charge on any atom is -0.389 e. The topological polar surface area (TPSA) is 36.4 Å². The first-order chi connectivity index (χ1) is 7.68. The van der Waals surface area contributed by atoms with E-state index in [1.807, 2.05) is 23.9 Å². The average Bonchev–Trinajstić information content (AvgIpc) is 2.30. The van der Waals surface area contributed by atoms with Gasteiger partial charge < -0.3 is 10.0 Å². The Bertz CT molecular complexity index is 339. The van der Waals surface area contributed by atoms with E-state index in [1.54, 1.807) is 13.1 Å². The van der Waals surface area contributed by atoms with Gasteiger partial charge in [0.25, 0.3) is 0 Å². The summed E-state index contributed by atoms with van der Waals surface area (Å²) in [5.41, 5.74) is 0.878. The number of pyridine rings is 1. The second-order valence-corrected chi connectivity index (χ2v) is 5.39. The number of hydrogen-bond acceptors (Lipinski definition) is 4. The number of aromatic nitrogens is 1. The molecule has 1 aliphatic heterocycles. The summed E-state index contributed by atoms with van der Waals surface area (Å²) in [6, 6.07) is 4.51. The van der Waals surface area contributed by atoms with Gasteiger partial charge in [0.05, 0.1) is 6.10 Å². The third-order valence-electron chi connectivity index (χ3n) is 2.92. The fourth-order valence-corrected chi connectivity index (χ4v) is 2.90. The number of thioether (sulfide) groups is 1.